The first kappa shape index (κ1) is 17.0. The van der Waals surface area contributed by atoms with Gasteiger partial charge in [-0.1, -0.05) is 33.6 Å². The highest BCUT2D eigenvalue weighted by atomic mass is 16.2. The van der Waals surface area contributed by atoms with E-state index in [-0.39, 0.29) is 55.0 Å². The van der Waals surface area contributed by atoms with Crippen molar-refractivity contribution in [2.24, 2.45) is 11.3 Å². The summed E-state index contributed by atoms with van der Waals surface area (Å²) in [4.78, 5) is 36.5. The average molecular weight is 308 g/mol. The third-order valence-corrected chi connectivity index (χ3v) is 4.94. The second-order valence-electron chi connectivity index (χ2n) is 7.62. The third kappa shape index (κ3) is 4.08. The van der Waals surface area contributed by atoms with Gasteiger partial charge in [-0.25, -0.2) is 0 Å². The molecule has 3 amide bonds. The fourth-order valence-corrected chi connectivity index (χ4v) is 3.70. The van der Waals surface area contributed by atoms with Crippen molar-refractivity contribution in [2.75, 3.05) is 6.54 Å². The van der Waals surface area contributed by atoms with E-state index in [1.807, 2.05) is 0 Å². The van der Waals surface area contributed by atoms with Crippen LogP contribution in [0.15, 0.2) is 0 Å². The molecule has 2 aliphatic rings. The molecule has 5 nitrogen and oxygen atoms in total. The number of carbonyl (C=O) groups excluding carboxylic acids is 3. The molecule has 0 unspecified atom stereocenters. The summed E-state index contributed by atoms with van der Waals surface area (Å²) in [6, 6.07) is 0.214. The molecule has 0 aromatic heterocycles. The van der Waals surface area contributed by atoms with E-state index in [1.165, 1.54) is 11.3 Å². The summed E-state index contributed by atoms with van der Waals surface area (Å²) in [6.45, 7) is 6.90. The Labute approximate surface area is 132 Å². The lowest BCUT2D eigenvalue weighted by Crippen LogP contribution is -2.47. The summed E-state index contributed by atoms with van der Waals surface area (Å²) < 4.78 is 0. The van der Waals surface area contributed by atoms with Gasteiger partial charge in [0.25, 0.3) is 0 Å². The molecule has 0 aromatic rings. The van der Waals surface area contributed by atoms with Crippen LogP contribution in [0.2, 0.25) is 0 Å². The SMILES string of the molecule is CC(C)(C)[C@H]1CCCC[C@H]1NC(=O)CCN1C(=O)CCC1=O. The zero-order valence-electron chi connectivity index (χ0n) is 14.0. The lowest BCUT2D eigenvalue weighted by Gasteiger charge is -2.40. The number of imide groups is 1. The van der Waals surface area contributed by atoms with E-state index in [2.05, 4.69) is 26.1 Å². The molecule has 22 heavy (non-hydrogen) atoms. The molecule has 0 bridgehead atoms. The van der Waals surface area contributed by atoms with E-state index in [0.717, 1.165) is 19.3 Å². The van der Waals surface area contributed by atoms with Crippen LogP contribution < -0.4 is 5.32 Å². The van der Waals surface area contributed by atoms with Crippen LogP contribution in [0.5, 0.6) is 0 Å². The van der Waals surface area contributed by atoms with Crippen LogP contribution >= 0.6 is 0 Å². The molecule has 1 heterocycles. The first-order chi connectivity index (χ1) is 10.3. The van der Waals surface area contributed by atoms with Gasteiger partial charge in [0, 0.05) is 31.8 Å². The maximum absolute atomic E-state index is 12.2. The van der Waals surface area contributed by atoms with Gasteiger partial charge < -0.3 is 5.32 Å². The van der Waals surface area contributed by atoms with E-state index in [9.17, 15) is 14.4 Å². The number of rotatable bonds is 4. The molecule has 1 N–H and O–H groups in total. The monoisotopic (exact) mass is 308 g/mol. The smallest absolute Gasteiger partial charge is 0.229 e. The van der Waals surface area contributed by atoms with Crippen LogP contribution in [0.3, 0.4) is 0 Å². The molecule has 2 atom stereocenters. The van der Waals surface area contributed by atoms with Gasteiger partial charge in [-0.2, -0.15) is 0 Å². The number of likely N-dealkylation sites (tertiary alicyclic amines) is 1. The highest BCUT2D eigenvalue weighted by Crippen LogP contribution is 2.38. The zero-order chi connectivity index (χ0) is 16.3. The van der Waals surface area contributed by atoms with Crippen molar-refractivity contribution in [3.63, 3.8) is 0 Å². The van der Waals surface area contributed by atoms with Crippen molar-refractivity contribution in [2.45, 2.75) is 71.8 Å². The Morgan fingerprint density at radius 3 is 2.32 bits per heavy atom. The van der Waals surface area contributed by atoms with Gasteiger partial charge in [-0.15, -0.1) is 0 Å². The summed E-state index contributed by atoms with van der Waals surface area (Å²) in [7, 11) is 0. The Kier molecular flexibility index (Phi) is 5.24. The molecule has 0 radical (unpaired) electrons. The largest absolute Gasteiger partial charge is 0.353 e. The number of carbonyl (C=O) groups is 3. The first-order valence-electron chi connectivity index (χ1n) is 8.41. The molecule has 0 aromatic carbocycles. The summed E-state index contributed by atoms with van der Waals surface area (Å²) in [5.74, 6) is 0.139. The van der Waals surface area contributed by atoms with Crippen molar-refractivity contribution in [1.82, 2.24) is 10.2 Å². The molecule has 2 fully saturated rings. The highest BCUT2D eigenvalue weighted by molar-refractivity contribution is 6.02. The quantitative estimate of drug-likeness (QED) is 0.810. The van der Waals surface area contributed by atoms with Crippen molar-refractivity contribution in [1.29, 1.82) is 0 Å². The van der Waals surface area contributed by atoms with Gasteiger partial charge >= 0.3 is 0 Å². The fraction of sp³-hybridized carbons (Fsp3) is 0.824. The number of hydrogen-bond donors (Lipinski definition) is 1. The lowest BCUT2D eigenvalue weighted by molar-refractivity contribution is -0.138. The Bertz CT molecular complexity index is 437. The molecule has 2 rings (SSSR count). The summed E-state index contributed by atoms with van der Waals surface area (Å²) in [6.07, 6.45) is 5.34. The Morgan fingerprint density at radius 1 is 1.14 bits per heavy atom. The van der Waals surface area contributed by atoms with E-state index in [0.29, 0.717) is 5.92 Å². The van der Waals surface area contributed by atoms with Crippen LogP contribution in [-0.4, -0.2) is 35.2 Å². The predicted molar refractivity (Wildman–Crippen MR) is 83.9 cm³/mol. The Morgan fingerprint density at radius 2 is 1.73 bits per heavy atom. The number of hydrogen-bond acceptors (Lipinski definition) is 3. The predicted octanol–water partition coefficient (Wildman–Crippen LogP) is 2.25. The van der Waals surface area contributed by atoms with Crippen molar-refractivity contribution in [3.05, 3.63) is 0 Å². The number of nitrogens with zero attached hydrogens (tertiary/aromatic N) is 1. The number of nitrogens with one attached hydrogen (secondary N) is 1. The molecule has 1 aliphatic heterocycles. The van der Waals surface area contributed by atoms with E-state index in [4.69, 9.17) is 0 Å². The van der Waals surface area contributed by atoms with Crippen LogP contribution in [-0.2, 0) is 14.4 Å². The van der Waals surface area contributed by atoms with E-state index < -0.39 is 0 Å². The molecular formula is C17H28N2O3. The van der Waals surface area contributed by atoms with Gasteiger partial charge in [0.1, 0.15) is 0 Å². The normalized spacial score (nSPS) is 26.4. The molecule has 1 saturated heterocycles. The van der Waals surface area contributed by atoms with Gasteiger partial charge in [0.2, 0.25) is 17.7 Å². The lowest BCUT2D eigenvalue weighted by atomic mass is 9.69. The average Bonchev–Trinajstić information content (AvgIpc) is 2.75. The summed E-state index contributed by atoms with van der Waals surface area (Å²) in [5, 5.41) is 3.14. The summed E-state index contributed by atoms with van der Waals surface area (Å²) >= 11 is 0. The molecule has 0 spiro atoms. The number of amides is 3. The van der Waals surface area contributed by atoms with E-state index in [1.54, 1.807) is 0 Å². The second-order valence-corrected chi connectivity index (χ2v) is 7.62. The van der Waals surface area contributed by atoms with E-state index >= 15 is 0 Å². The molecule has 1 saturated carbocycles. The first-order valence-corrected chi connectivity index (χ1v) is 8.41. The maximum Gasteiger partial charge on any atom is 0.229 e. The van der Waals surface area contributed by atoms with Gasteiger partial charge in [-0.05, 0) is 24.2 Å². The van der Waals surface area contributed by atoms with Crippen molar-refractivity contribution >= 4 is 17.7 Å². The Hall–Kier alpha value is -1.39. The maximum atomic E-state index is 12.2. The highest BCUT2D eigenvalue weighted by Gasteiger charge is 2.35. The second kappa shape index (κ2) is 6.80. The standard InChI is InChI=1S/C17H28N2O3/c1-17(2,3)12-6-4-5-7-13(12)18-14(20)10-11-19-15(21)8-9-16(19)22/h12-13H,4-11H2,1-3H3,(H,18,20)/t12-,13+/m0/s1. The minimum atomic E-state index is -0.150. The molecule has 5 heteroatoms. The summed E-state index contributed by atoms with van der Waals surface area (Å²) in [5.41, 5.74) is 0.180. The zero-order valence-corrected chi connectivity index (χ0v) is 14.0. The van der Waals surface area contributed by atoms with Gasteiger partial charge in [0.15, 0.2) is 0 Å². The van der Waals surface area contributed by atoms with Crippen LogP contribution in [0, 0.1) is 11.3 Å². The van der Waals surface area contributed by atoms with Crippen LogP contribution in [0.25, 0.3) is 0 Å². The molecular weight excluding hydrogens is 280 g/mol. The molecule has 1 aliphatic carbocycles. The topological polar surface area (TPSA) is 66.5 Å². The van der Waals surface area contributed by atoms with Crippen LogP contribution in [0.4, 0.5) is 0 Å². The molecule has 124 valence electrons. The van der Waals surface area contributed by atoms with Gasteiger partial charge in [0.05, 0.1) is 0 Å². The fourth-order valence-electron chi connectivity index (χ4n) is 3.70. The van der Waals surface area contributed by atoms with Gasteiger partial charge in [-0.3, -0.25) is 19.3 Å². The Balaban J connectivity index is 1.85. The van der Waals surface area contributed by atoms with Crippen LogP contribution in [0.1, 0.15) is 65.7 Å². The van der Waals surface area contributed by atoms with Crippen molar-refractivity contribution < 1.29 is 14.4 Å². The minimum absolute atomic E-state index is 0.0475. The van der Waals surface area contributed by atoms with Crippen molar-refractivity contribution in [3.8, 4) is 0 Å². The third-order valence-electron chi connectivity index (χ3n) is 4.94. The minimum Gasteiger partial charge on any atom is -0.353 e.